The predicted molar refractivity (Wildman–Crippen MR) is 66.1 cm³/mol. The molecule has 0 N–H and O–H groups in total. The van der Waals surface area contributed by atoms with Crippen LogP contribution in [0.25, 0.3) is 0 Å². The lowest BCUT2D eigenvalue weighted by atomic mass is 9.86. The molecule has 0 aromatic heterocycles. The Morgan fingerprint density at radius 1 is 1.33 bits per heavy atom. The van der Waals surface area contributed by atoms with Crippen LogP contribution < -0.4 is 0 Å². The molecule has 0 saturated heterocycles. The highest BCUT2D eigenvalue weighted by Crippen LogP contribution is 2.37. The van der Waals surface area contributed by atoms with E-state index in [0.717, 1.165) is 6.42 Å². The largest absolute Gasteiger partial charge is 0.258 e. The number of rotatable bonds is 3. The Labute approximate surface area is 92.2 Å². The van der Waals surface area contributed by atoms with Gasteiger partial charge in [0.25, 0.3) is 0 Å². The van der Waals surface area contributed by atoms with Gasteiger partial charge in [0.15, 0.2) is 0 Å². The molecule has 1 aromatic rings. The Morgan fingerprint density at radius 3 is 2.93 bits per heavy atom. The summed E-state index contributed by atoms with van der Waals surface area (Å²) in [5.41, 5.74) is 3.94. The fraction of sp³-hybridized carbons (Fsp3) is 0.500. The maximum absolute atomic E-state index is 4.62. The zero-order valence-electron chi connectivity index (χ0n) is 9.66. The normalized spacial score (nSPS) is 19.6. The van der Waals surface area contributed by atoms with E-state index in [4.69, 9.17) is 0 Å². The first-order valence-electron chi connectivity index (χ1n) is 5.94. The Bertz CT molecular complexity index is 365. The van der Waals surface area contributed by atoms with Gasteiger partial charge in [0.05, 0.1) is 5.69 Å². The first-order valence-corrected chi connectivity index (χ1v) is 5.94. The highest BCUT2D eigenvalue weighted by molar-refractivity contribution is 5.87. The molecule has 1 aliphatic heterocycles. The van der Waals surface area contributed by atoms with Crippen molar-refractivity contribution < 1.29 is 0 Å². The number of hydrogen-bond donors (Lipinski definition) is 0. The molecule has 1 atom stereocenters. The smallest absolute Gasteiger partial charge is 0.0663 e. The van der Waals surface area contributed by atoms with Crippen molar-refractivity contribution in [1.29, 1.82) is 0 Å². The van der Waals surface area contributed by atoms with E-state index in [1.165, 1.54) is 36.2 Å². The van der Waals surface area contributed by atoms with Gasteiger partial charge < -0.3 is 0 Å². The molecule has 0 bridgehead atoms. The molecule has 0 saturated carbocycles. The fourth-order valence-electron chi connectivity index (χ4n) is 2.36. The van der Waals surface area contributed by atoms with Crippen LogP contribution in [0.4, 0.5) is 5.69 Å². The van der Waals surface area contributed by atoms with E-state index >= 15 is 0 Å². The average Bonchev–Trinajstić information content (AvgIpc) is 2.25. The van der Waals surface area contributed by atoms with Crippen LogP contribution in [0.15, 0.2) is 29.3 Å². The molecule has 0 amide bonds. The Balaban J connectivity index is 2.25. The van der Waals surface area contributed by atoms with Crippen LogP contribution in [0.5, 0.6) is 0 Å². The van der Waals surface area contributed by atoms with E-state index in [-0.39, 0.29) is 0 Å². The molecule has 1 aromatic carbocycles. The van der Waals surface area contributed by atoms with Crippen LogP contribution in [0, 0.1) is 0 Å². The number of benzene rings is 1. The number of nitrogens with zero attached hydrogens (tertiary/aromatic N) is 1. The van der Waals surface area contributed by atoms with Crippen LogP contribution in [0.2, 0.25) is 0 Å². The molecule has 1 heteroatoms. The van der Waals surface area contributed by atoms with E-state index in [1.807, 2.05) is 0 Å². The summed E-state index contributed by atoms with van der Waals surface area (Å²) in [7, 11) is 0. The molecule has 1 aliphatic rings. The summed E-state index contributed by atoms with van der Waals surface area (Å²) in [4.78, 5) is 4.62. The van der Waals surface area contributed by atoms with Gasteiger partial charge in [-0.3, -0.25) is 4.99 Å². The van der Waals surface area contributed by atoms with E-state index < -0.39 is 0 Å². The lowest BCUT2D eigenvalue weighted by Crippen LogP contribution is -2.09. The second-order valence-corrected chi connectivity index (χ2v) is 4.45. The highest BCUT2D eigenvalue weighted by atomic mass is 14.8. The van der Waals surface area contributed by atoms with Crippen LogP contribution in [-0.4, -0.2) is 5.71 Å². The molecule has 1 unspecified atom stereocenters. The molecule has 0 radical (unpaired) electrons. The topological polar surface area (TPSA) is 12.4 Å². The summed E-state index contributed by atoms with van der Waals surface area (Å²) >= 11 is 0. The van der Waals surface area contributed by atoms with Gasteiger partial charge in [-0.1, -0.05) is 38.0 Å². The summed E-state index contributed by atoms with van der Waals surface area (Å²) in [5, 5.41) is 0. The van der Waals surface area contributed by atoms with Gasteiger partial charge in [-0.2, -0.15) is 0 Å². The summed E-state index contributed by atoms with van der Waals surface area (Å²) in [6.45, 7) is 4.41. The van der Waals surface area contributed by atoms with Crippen molar-refractivity contribution in [2.45, 2.75) is 45.4 Å². The minimum Gasteiger partial charge on any atom is -0.258 e. The Hall–Kier alpha value is -1.11. The Kier molecular flexibility index (Phi) is 3.20. The van der Waals surface area contributed by atoms with E-state index in [1.54, 1.807) is 0 Å². The molecule has 1 nitrogen and oxygen atoms in total. The molecule has 1 heterocycles. The second-order valence-electron chi connectivity index (χ2n) is 4.45. The second kappa shape index (κ2) is 4.61. The highest BCUT2D eigenvalue weighted by Gasteiger charge is 2.19. The molecule has 0 spiro atoms. The molecular weight excluding hydrogens is 182 g/mol. The van der Waals surface area contributed by atoms with Crippen LogP contribution in [0.3, 0.4) is 0 Å². The number of aliphatic imine (C=N–C) groups is 1. The van der Waals surface area contributed by atoms with E-state index in [9.17, 15) is 0 Å². The number of fused-ring (bicyclic) bond motifs is 1. The van der Waals surface area contributed by atoms with Gasteiger partial charge in [-0.25, -0.2) is 0 Å². The van der Waals surface area contributed by atoms with Crippen molar-refractivity contribution >= 4 is 11.4 Å². The lowest BCUT2D eigenvalue weighted by Gasteiger charge is -2.23. The Morgan fingerprint density at radius 2 is 2.13 bits per heavy atom. The van der Waals surface area contributed by atoms with E-state index in [0.29, 0.717) is 5.92 Å². The van der Waals surface area contributed by atoms with Crippen LogP contribution in [-0.2, 0) is 0 Å². The maximum atomic E-state index is 4.62. The minimum atomic E-state index is 0.707. The maximum Gasteiger partial charge on any atom is 0.0663 e. The predicted octanol–water partition coefficient (Wildman–Crippen LogP) is 4.46. The van der Waals surface area contributed by atoms with E-state index in [2.05, 4.69) is 43.1 Å². The van der Waals surface area contributed by atoms with Crippen LogP contribution in [0.1, 0.15) is 51.0 Å². The summed E-state index contributed by atoms with van der Waals surface area (Å²) < 4.78 is 0. The molecule has 2 rings (SSSR count). The quantitative estimate of drug-likeness (QED) is 0.684. The summed E-state index contributed by atoms with van der Waals surface area (Å²) in [6, 6.07) is 8.59. The van der Waals surface area contributed by atoms with Crippen LogP contribution >= 0.6 is 0 Å². The molecule has 15 heavy (non-hydrogen) atoms. The third-order valence-electron chi connectivity index (χ3n) is 3.14. The van der Waals surface area contributed by atoms with Gasteiger partial charge in [-0.15, -0.1) is 0 Å². The number of hydrogen-bond acceptors (Lipinski definition) is 1. The van der Waals surface area contributed by atoms with Crippen molar-refractivity contribution in [3.05, 3.63) is 29.8 Å². The summed E-state index contributed by atoms with van der Waals surface area (Å²) in [5.74, 6) is 0.707. The van der Waals surface area contributed by atoms with Crippen molar-refractivity contribution in [2.24, 2.45) is 4.99 Å². The van der Waals surface area contributed by atoms with Gasteiger partial charge in [0, 0.05) is 5.71 Å². The van der Waals surface area contributed by atoms with Gasteiger partial charge in [0.1, 0.15) is 0 Å². The van der Waals surface area contributed by atoms with Gasteiger partial charge in [-0.05, 0) is 37.3 Å². The van der Waals surface area contributed by atoms with Crippen molar-refractivity contribution in [3.63, 3.8) is 0 Å². The zero-order chi connectivity index (χ0) is 10.7. The molecule has 80 valence electrons. The molecule has 0 fully saturated rings. The third kappa shape index (κ3) is 2.28. The minimum absolute atomic E-state index is 0.707. The fourth-order valence-corrected chi connectivity index (χ4v) is 2.36. The SMILES string of the molecule is CCCCC1CC(C)=Nc2ccccc21. The number of para-hydroxylation sites is 1. The lowest BCUT2D eigenvalue weighted by molar-refractivity contribution is 0.595. The molecule has 0 aliphatic carbocycles. The standard InChI is InChI=1S/C14H19N/c1-3-4-7-12-10-11(2)15-14-9-6-5-8-13(12)14/h5-6,8-9,12H,3-4,7,10H2,1-2H3. The van der Waals surface area contributed by atoms with Crippen molar-refractivity contribution in [2.75, 3.05) is 0 Å². The van der Waals surface area contributed by atoms with Crippen molar-refractivity contribution in [1.82, 2.24) is 0 Å². The first-order chi connectivity index (χ1) is 7.31. The number of unbranched alkanes of at least 4 members (excludes halogenated alkanes) is 1. The summed E-state index contributed by atoms with van der Waals surface area (Å²) in [6.07, 6.45) is 5.07. The van der Waals surface area contributed by atoms with Gasteiger partial charge >= 0.3 is 0 Å². The van der Waals surface area contributed by atoms with Crippen molar-refractivity contribution in [3.8, 4) is 0 Å². The zero-order valence-corrected chi connectivity index (χ0v) is 9.66. The third-order valence-corrected chi connectivity index (χ3v) is 3.14. The average molecular weight is 201 g/mol. The molecular formula is C14H19N. The first kappa shape index (κ1) is 10.4. The monoisotopic (exact) mass is 201 g/mol. The van der Waals surface area contributed by atoms with Gasteiger partial charge in [0.2, 0.25) is 0 Å².